The Morgan fingerprint density at radius 2 is 2.07 bits per heavy atom. The largest absolute Gasteiger partial charge is 0.462 e. The maximum Gasteiger partial charge on any atom is 0.341 e. The second-order valence-corrected chi connectivity index (χ2v) is 8.16. The van der Waals surface area contributed by atoms with Crippen molar-refractivity contribution in [3.63, 3.8) is 0 Å². The molecule has 0 atom stereocenters. The molecule has 0 aliphatic heterocycles. The van der Waals surface area contributed by atoms with Crippen molar-refractivity contribution in [1.29, 1.82) is 0 Å². The molecule has 1 aliphatic carbocycles. The molecule has 0 bridgehead atoms. The van der Waals surface area contributed by atoms with Gasteiger partial charge >= 0.3 is 5.97 Å². The van der Waals surface area contributed by atoms with Crippen LogP contribution >= 0.6 is 11.3 Å². The molecule has 156 valence electrons. The van der Waals surface area contributed by atoms with E-state index in [1.165, 1.54) is 28.2 Å². The number of hydrogen-bond donors (Lipinski definition) is 1. The van der Waals surface area contributed by atoms with Crippen LogP contribution in [0.1, 0.15) is 51.1 Å². The summed E-state index contributed by atoms with van der Waals surface area (Å²) in [5, 5.41) is 7.18. The van der Waals surface area contributed by atoms with Crippen LogP contribution in [-0.2, 0) is 24.6 Å². The fourth-order valence-electron chi connectivity index (χ4n) is 3.73. The molecule has 1 aliphatic rings. The highest BCUT2D eigenvalue weighted by molar-refractivity contribution is 7.17. The van der Waals surface area contributed by atoms with Crippen LogP contribution in [0.4, 0.5) is 9.39 Å². The van der Waals surface area contributed by atoms with Crippen molar-refractivity contribution in [1.82, 2.24) is 9.78 Å². The van der Waals surface area contributed by atoms with Crippen LogP contribution in [0, 0.1) is 5.82 Å². The standard InChI is InChI=1S/C21H20FN3O4S/c1-3-29-21(28)16-12-6-4-5-7-15(12)30-20(16)23-19(27)17-18(26)13-10-11(22)8-9-14(13)25(2)24-17/h8-10H,3-7H2,1-2H3,(H,23,27). The number of thiophene rings is 1. The Labute approximate surface area is 175 Å². The summed E-state index contributed by atoms with van der Waals surface area (Å²) in [6, 6.07) is 3.75. The molecule has 0 unspecified atom stereocenters. The molecule has 4 rings (SSSR count). The number of aryl methyl sites for hydroxylation is 2. The van der Waals surface area contributed by atoms with Crippen LogP contribution in [0.2, 0.25) is 0 Å². The lowest BCUT2D eigenvalue weighted by molar-refractivity contribution is 0.0526. The van der Waals surface area contributed by atoms with Crippen molar-refractivity contribution in [3.05, 3.63) is 55.9 Å². The van der Waals surface area contributed by atoms with Crippen LogP contribution in [0.25, 0.3) is 10.9 Å². The Hall–Kier alpha value is -3.07. The molecule has 1 N–H and O–H groups in total. The lowest BCUT2D eigenvalue weighted by Gasteiger charge is -2.12. The lowest BCUT2D eigenvalue weighted by atomic mass is 9.95. The van der Waals surface area contributed by atoms with E-state index in [0.29, 0.717) is 16.1 Å². The maximum absolute atomic E-state index is 13.7. The number of esters is 1. The van der Waals surface area contributed by atoms with Crippen molar-refractivity contribution in [3.8, 4) is 0 Å². The van der Waals surface area contributed by atoms with Gasteiger partial charge in [0.2, 0.25) is 5.43 Å². The minimum absolute atomic E-state index is 0.0636. The summed E-state index contributed by atoms with van der Waals surface area (Å²) in [5.41, 5.74) is 0.641. The second kappa shape index (κ2) is 7.98. The minimum Gasteiger partial charge on any atom is -0.462 e. The molecule has 0 fully saturated rings. The highest BCUT2D eigenvalue weighted by Gasteiger charge is 2.28. The Bertz CT molecular complexity index is 1230. The van der Waals surface area contributed by atoms with Gasteiger partial charge in [-0.25, -0.2) is 9.18 Å². The number of ether oxygens (including phenoxy) is 1. The van der Waals surface area contributed by atoms with E-state index in [-0.39, 0.29) is 17.7 Å². The molecule has 9 heteroatoms. The third kappa shape index (κ3) is 3.49. The van der Waals surface area contributed by atoms with E-state index >= 15 is 0 Å². The number of nitrogens with zero attached hydrogens (tertiary/aromatic N) is 2. The van der Waals surface area contributed by atoms with E-state index in [4.69, 9.17) is 4.74 Å². The number of hydrogen-bond acceptors (Lipinski definition) is 6. The summed E-state index contributed by atoms with van der Waals surface area (Å²) in [7, 11) is 1.57. The third-order valence-electron chi connectivity index (χ3n) is 5.11. The summed E-state index contributed by atoms with van der Waals surface area (Å²) in [4.78, 5) is 39.3. The molecule has 3 aromatic rings. The maximum atomic E-state index is 13.7. The Balaban J connectivity index is 1.76. The zero-order valence-electron chi connectivity index (χ0n) is 16.6. The fraction of sp³-hybridized carbons (Fsp3) is 0.333. The number of amides is 1. The van der Waals surface area contributed by atoms with E-state index in [2.05, 4.69) is 10.4 Å². The zero-order valence-corrected chi connectivity index (χ0v) is 17.4. The van der Waals surface area contributed by atoms with E-state index in [0.717, 1.165) is 42.2 Å². The van der Waals surface area contributed by atoms with E-state index in [1.54, 1.807) is 14.0 Å². The molecular formula is C21H20FN3O4S. The fourth-order valence-corrected chi connectivity index (χ4v) is 5.01. The van der Waals surface area contributed by atoms with Gasteiger partial charge in [-0.2, -0.15) is 5.10 Å². The summed E-state index contributed by atoms with van der Waals surface area (Å²) in [6.45, 7) is 1.94. The van der Waals surface area contributed by atoms with Gasteiger partial charge < -0.3 is 10.1 Å². The topological polar surface area (TPSA) is 90.3 Å². The molecule has 2 aromatic heterocycles. The number of carbonyl (C=O) groups excluding carboxylic acids is 2. The molecule has 1 amide bonds. The van der Waals surface area contributed by atoms with Crippen molar-refractivity contribution in [2.75, 3.05) is 11.9 Å². The summed E-state index contributed by atoms with van der Waals surface area (Å²) >= 11 is 1.33. The van der Waals surface area contributed by atoms with Crippen LogP contribution < -0.4 is 10.7 Å². The molecule has 30 heavy (non-hydrogen) atoms. The molecule has 0 saturated carbocycles. The first-order valence-corrected chi connectivity index (χ1v) is 10.5. The summed E-state index contributed by atoms with van der Waals surface area (Å²) in [5.74, 6) is -1.81. The number of nitrogens with one attached hydrogen (secondary N) is 1. The number of anilines is 1. The number of rotatable bonds is 4. The predicted molar refractivity (Wildman–Crippen MR) is 112 cm³/mol. The monoisotopic (exact) mass is 429 g/mol. The number of aromatic nitrogens is 2. The van der Waals surface area contributed by atoms with Gasteiger partial charge in [0.05, 0.1) is 23.1 Å². The van der Waals surface area contributed by atoms with E-state index < -0.39 is 23.1 Å². The van der Waals surface area contributed by atoms with Gasteiger partial charge in [0.1, 0.15) is 10.8 Å². The molecule has 1 aromatic carbocycles. The number of fused-ring (bicyclic) bond motifs is 2. The molecule has 2 heterocycles. The van der Waals surface area contributed by atoms with Crippen molar-refractivity contribution < 1.29 is 18.7 Å². The second-order valence-electron chi connectivity index (χ2n) is 7.05. The van der Waals surface area contributed by atoms with E-state index in [9.17, 15) is 18.8 Å². The average Bonchev–Trinajstić information content (AvgIpc) is 3.08. The SMILES string of the molecule is CCOC(=O)c1c(NC(=O)c2nn(C)c3ccc(F)cc3c2=O)sc2c1CCCC2. The van der Waals surface area contributed by atoms with Crippen molar-refractivity contribution >= 4 is 39.1 Å². The van der Waals surface area contributed by atoms with Gasteiger partial charge in [-0.05, 0) is 56.4 Å². The number of halogens is 1. The van der Waals surface area contributed by atoms with Gasteiger partial charge in [-0.3, -0.25) is 14.3 Å². The summed E-state index contributed by atoms with van der Waals surface area (Å²) < 4.78 is 20.2. The van der Waals surface area contributed by atoms with Crippen LogP contribution in [0.15, 0.2) is 23.0 Å². The Kier molecular flexibility index (Phi) is 5.38. The third-order valence-corrected chi connectivity index (χ3v) is 6.32. The molecular weight excluding hydrogens is 409 g/mol. The Morgan fingerprint density at radius 3 is 2.83 bits per heavy atom. The highest BCUT2D eigenvalue weighted by atomic mass is 32.1. The van der Waals surface area contributed by atoms with Crippen LogP contribution in [-0.4, -0.2) is 28.3 Å². The number of carbonyl (C=O) groups is 2. The van der Waals surface area contributed by atoms with Gasteiger partial charge in [0.25, 0.3) is 5.91 Å². The van der Waals surface area contributed by atoms with Gasteiger partial charge in [-0.1, -0.05) is 0 Å². The highest BCUT2D eigenvalue weighted by Crippen LogP contribution is 2.38. The summed E-state index contributed by atoms with van der Waals surface area (Å²) in [6.07, 6.45) is 3.55. The first-order valence-electron chi connectivity index (χ1n) is 9.70. The van der Waals surface area contributed by atoms with Crippen LogP contribution in [0.3, 0.4) is 0 Å². The van der Waals surface area contributed by atoms with Crippen molar-refractivity contribution in [2.24, 2.45) is 7.05 Å². The molecule has 0 saturated heterocycles. The van der Waals surface area contributed by atoms with Crippen LogP contribution in [0.5, 0.6) is 0 Å². The molecule has 0 spiro atoms. The first-order chi connectivity index (χ1) is 14.4. The Morgan fingerprint density at radius 1 is 1.30 bits per heavy atom. The molecule has 0 radical (unpaired) electrons. The zero-order chi connectivity index (χ0) is 21.4. The predicted octanol–water partition coefficient (Wildman–Crippen LogP) is 3.44. The lowest BCUT2D eigenvalue weighted by Crippen LogP contribution is -2.27. The van der Waals surface area contributed by atoms with Crippen molar-refractivity contribution in [2.45, 2.75) is 32.6 Å². The smallest absolute Gasteiger partial charge is 0.341 e. The normalized spacial score (nSPS) is 13.2. The quantitative estimate of drug-likeness (QED) is 0.642. The average molecular weight is 429 g/mol. The first kappa shape index (κ1) is 20.2. The van der Waals surface area contributed by atoms with Gasteiger partial charge in [0, 0.05) is 11.9 Å². The number of benzene rings is 1. The minimum atomic E-state index is -0.745. The van der Waals surface area contributed by atoms with Gasteiger partial charge in [0.15, 0.2) is 5.69 Å². The molecule has 7 nitrogen and oxygen atoms in total. The van der Waals surface area contributed by atoms with Gasteiger partial charge in [-0.15, -0.1) is 11.3 Å². The van der Waals surface area contributed by atoms with E-state index in [1.807, 2.05) is 0 Å².